The monoisotopic (exact) mass is 466 g/mol. The average Bonchev–Trinajstić information content (AvgIpc) is 3.38. The van der Waals surface area contributed by atoms with Crippen molar-refractivity contribution in [2.75, 3.05) is 6.61 Å². The third kappa shape index (κ3) is 4.12. The number of aromatic nitrogens is 1. The standard InChI is InChI=1S/C29H26N2O4/c1-2-3-4-9-18-35-29(34)19-14-16-20(17-15-19)31-24-13-8-6-11-22(24)28(33)26(31)25-27(32)21-10-5-7-12-23(21)30-25/h5-8,10-17,33H,2-4,9,18H2,1H3. The van der Waals surface area contributed by atoms with Crippen LogP contribution >= 0.6 is 0 Å². The highest BCUT2D eigenvalue weighted by atomic mass is 16.5. The first-order chi connectivity index (χ1) is 17.1. The molecule has 1 aliphatic rings. The summed E-state index contributed by atoms with van der Waals surface area (Å²) in [7, 11) is 0. The van der Waals surface area contributed by atoms with Crippen LogP contribution in [0.4, 0.5) is 5.69 Å². The summed E-state index contributed by atoms with van der Waals surface area (Å²) >= 11 is 0. The molecule has 0 spiro atoms. The topological polar surface area (TPSA) is 80.9 Å². The number of carbonyl (C=O) groups excluding carboxylic acids is 2. The summed E-state index contributed by atoms with van der Waals surface area (Å²) in [5, 5.41) is 11.8. The van der Waals surface area contributed by atoms with Gasteiger partial charge in [-0.05, 0) is 55.0 Å². The number of para-hydroxylation sites is 2. The molecule has 0 aliphatic carbocycles. The number of ether oxygens (including phenoxy) is 1. The Morgan fingerprint density at radius 1 is 0.943 bits per heavy atom. The second-order valence-corrected chi connectivity index (χ2v) is 8.60. The second kappa shape index (κ2) is 9.58. The number of Topliss-reactive ketones (excluding diaryl/α,β-unsaturated/α-hetero) is 1. The number of benzene rings is 3. The smallest absolute Gasteiger partial charge is 0.338 e. The number of hydrogen-bond acceptors (Lipinski definition) is 5. The van der Waals surface area contributed by atoms with Crippen LogP contribution in [0.2, 0.25) is 0 Å². The number of fused-ring (bicyclic) bond motifs is 2. The Morgan fingerprint density at radius 3 is 2.46 bits per heavy atom. The van der Waals surface area contributed by atoms with E-state index in [-0.39, 0.29) is 23.2 Å². The molecule has 6 nitrogen and oxygen atoms in total. The summed E-state index contributed by atoms with van der Waals surface area (Å²) < 4.78 is 7.21. The number of aliphatic imine (C=N–C) groups is 1. The van der Waals surface area contributed by atoms with Crippen LogP contribution in [0, 0.1) is 0 Å². The van der Waals surface area contributed by atoms with Gasteiger partial charge in [-0.1, -0.05) is 50.5 Å². The quantitative estimate of drug-likeness (QED) is 0.241. The Bertz CT molecular complexity index is 1450. The van der Waals surface area contributed by atoms with E-state index in [4.69, 9.17) is 4.74 Å². The molecule has 0 amide bonds. The first-order valence-corrected chi connectivity index (χ1v) is 11.9. The largest absolute Gasteiger partial charge is 0.505 e. The van der Waals surface area contributed by atoms with Gasteiger partial charge in [-0.25, -0.2) is 9.79 Å². The first-order valence-electron chi connectivity index (χ1n) is 11.9. The fraction of sp³-hybridized carbons (Fsp3) is 0.207. The third-order valence-corrected chi connectivity index (χ3v) is 6.26. The van der Waals surface area contributed by atoms with E-state index in [9.17, 15) is 14.7 Å². The second-order valence-electron chi connectivity index (χ2n) is 8.60. The molecule has 0 unspecified atom stereocenters. The summed E-state index contributed by atoms with van der Waals surface area (Å²) in [5.41, 5.74) is 3.50. The lowest BCUT2D eigenvalue weighted by Gasteiger charge is -2.11. The molecule has 2 heterocycles. The van der Waals surface area contributed by atoms with E-state index in [1.54, 1.807) is 42.5 Å². The van der Waals surface area contributed by atoms with Crippen molar-refractivity contribution in [3.8, 4) is 11.4 Å². The highest BCUT2D eigenvalue weighted by molar-refractivity contribution is 6.55. The van der Waals surface area contributed by atoms with E-state index < -0.39 is 0 Å². The number of nitrogens with zero attached hydrogens (tertiary/aromatic N) is 2. The lowest BCUT2D eigenvalue weighted by Crippen LogP contribution is -2.16. The third-order valence-electron chi connectivity index (χ3n) is 6.26. The van der Waals surface area contributed by atoms with Crippen LogP contribution in [0.25, 0.3) is 16.6 Å². The molecule has 4 aromatic rings. The molecule has 0 fully saturated rings. The molecular weight excluding hydrogens is 440 g/mol. The molecule has 176 valence electrons. The zero-order chi connectivity index (χ0) is 24.4. The number of aromatic hydroxyl groups is 1. The van der Waals surface area contributed by atoms with E-state index >= 15 is 0 Å². The first kappa shape index (κ1) is 22.6. The molecule has 0 radical (unpaired) electrons. The number of carbonyl (C=O) groups is 2. The molecule has 1 aromatic heterocycles. The minimum Gasteiger partial charge on any atom is -0.505 e. The summed E-state index contributed by atoms with van der Waals surface area (Å²) in [6, 6.07) is 21.5. The minimum absolute atomic E-state index is 0.00364. The fourth-order valence-electron chi connectivity index (χ4n) is 4.46. The minimum atomic E-state index is -0.362. The van der Waals surface area contributed by atoms with Gasteiger partial charge in [0.1, 0.15) is 11.4 Å². The molecule has 6 heteroatoms. The highest BCUT2D eigenvalue weighted by Gasteiger charge is 2.32. The van der Waals surface area contributed by atoms with Gasteiger partial charge in [-0.3, -0.25) is 4.79 Å². The fourth-order valence-corrected chi connectivity index (χ4v) is 4.46. The van der Waals surface area contributed by atoms with Gasteiger partial charge >= 0.3 is 5.97 Å². The number of unbranched alkanes of at least 4 members (excludes halogenated alkanes) is 3. The van der Waals surface area contributed by atoms with Crippen molar-refractivity contribution >= 4 is 34.1 Å². The summed E-state index contributed by atoms with van der Waals surface area (Å²) in [6.07, 6.45) is 4.16. The van der Waals surface area contributed by atoms with Crippen molar-refractivity contribution < 1.29 is 19.4 Å². The molecule has 0 bridgehead atoms. The molecule has 0 saturated heterocycles. The van der Waals surface area contributed by atoms with Crippen LogP contribution in [0.5, 0.6) is 5.75 Å². The Labute approximate surface area is 203 Å². The summed E-state index contributed by atoms with van der Waals surface area (Å²) in [6.45, 7) is 2.55. The summed E-state index contributed by atoms with van der Waals surface area (Å²) in [4.78, 5) is 30.2. The predicted molar refractivity (Wildman–Crippen MR) is 136 cm³/mol. The molecule has 5 rings (SSSR count). The van der Waals surface area contributed by atoms with Gasteiger partial charge in [0, 0.05) is 16.6 Å². The molecule has 1 aliphatic heterocycles. The van der Waals surface area contributed by atoms with Crippen LogP contribution < -0.4 is 0 Å². The maximum atomic E-state index is 13.2. The lowest BCUT2D eigenvalue weighted by atomic mass is 10.1. The van der Waals surface area contributed by atoms with Gasteiger partial charge in [0.15, 0.2) is 5.75 Å². The van der Waals surface area contributed by atoms with E-state index in [0.717, 1.165) is 31.2 Å². The van der Waals surface area contributed by atoms with Crippen LogP contribution in [-0.2, 0) is 4.74 Å². The Morgan fingerprint density at radius 2 is 1.69 bits per heavy atom. The van der Waals surface area contributed by atoms with Crippen LogP contribution in [0.15, 0.2) is 77.8 Å². The van der Waals surface area contributed by atoms with Crippen LogP contribution in [0.3, 0.4) is 0 Å². The van der Waals surface area contributed by atoms with Gasteiger partial charge in [0.25, 0.3) is 0 Å². The highest BCUT2D eigenvalue weighted by Crippen LogP contribution is 2.39. The molecule has 35 heavy (non-hydrogen) atoms. The van der Waals surface area contributed by atoms with Crippen molar-refractivity contribution in [3.63, 3.8) is 0 Å². The van der Waals surface area contributed by atoms with Crippen molar-refractivity contribution in [3.05, 3.63) is 89.6 Å². The molecule has 0 saturated carbocycles. The maximum absolute atomic E-state index is 13.2. The lowest BCUT2D eigenvalue weighted by molar-refractivity contribution is 0.0497. The Hall–Kier alpha value is -4.19. The normalized spacial score (nSPS) is 12.6. The molecule has 0 atom stereocenters. The van der Waals surface area contributed by atoms with Crippen molar-refractivity contribution in [1.29, 1.82) is 0 Å². The van der Waals surface area contributed by atoms with Gasteiger partial charge in [0.05, 0.1) is 23.4 Å². The van der Waals surface area contributed by atoms with E-state index in [2.05, 4.69) is 11.9 Å². The maximum Gasteiger partial charge on any atom is 0.338 e. The van der Waals surface area contributed by atoms with Crippen molar-refractivity contribution in [2.24, 2.45) is 4.99 Å². The van der Waals surface area contributed by atoms with Crippen molar-refractivity contribution in [1.82, 2.24) is 4.57 Å². The van der Waals surface area contributed by atoms with E-state index in [1.807, 2.05) is 34.9 Å². The molecular formula is C29H26N2O4. The molecule has 3 aromatic carbocycles. The summed E-state index contributed by atoms with van der Waals surface area (Å²) in [5.74, 6) is -0.599. The van der Waals surface area contributed by atoms with Gasteiger partial charge in [0.2, 0.25) is 5.78 Å². The van der Waals surface area contributed by atoms with Gasteiger partial charge in [-0.2, -0.15) is 0 Å². The number of rotatable bonds is 8. The van der Waals surface area contributed by atoms with Crippen LogP contribution in [-0.4, -0.2) is 33.7 Å². The van der Waals surface area contributed by atoms with Gasteiger partial charge in [-0.15, -0.1) is 0 Å². The van der Waals surface area contributed by atoms with E-state index in [0.29, 0.717) is 40.2 Å². The predicted octanol–water partition coefficient (Wildman–Crippen LogP) is 6.39. The van der Waals surface area contributed by atoms with Gasteiger partial charge < -0.3 is 14.4 Å². The van der Waals surface area contributed by atoms with Crippen molar-refractivity contribution in [2.45, 2.75) is 32.6 Å². The number of esters is 1. The number of ketones is 1. The zero-order valence-electron chi connectivity index (χ0n) is 19.5. The Kier molecular flexibility index (Phi) is 6.19. The van der Waals surface area contributed by atoms with Crippen LogP contribution in [0.1, 0.15) is 59.0 Å². The zero-order valence-corrected chi connectivity index (χ0v) is 19.5. The average molecular weight is 467 g/mol. The number of hydrogen-bond donors (Lipinski definition) is 1. The SMILES string of the molecule is CCCCCCOC(=O)c1ccc(-n2c(C3=Nc4ccccc4C3=O)c(O)c3ccccc32)cc1. The molecule has 1 N–H and O–H groups in total. The van der Waals surface area contributed by atoms with E-state index in [1.165, 1.54) is 0 Å². The Balaban J connectivity index is 1.51.